The van der Waals surface area contributed by atoms with Crippen molar-refractivity contribution in [1.82, 2.24) is 34.5 Å². The van der Waals surface area contributed by atoms with E-state index in [1.54, 1.807) is 6.92 Å². The highest BCUT2D eigenvalue weighted by atomic mass is 16.1. The molecule has 46 heavy (non-hydrogen) atoms. The first kappa shape index (κ1) is 34.3. The Balaban J connectivity index is 1.42. The van der Waals surface area contributed by atoms with E-state index in [0.717, 1.165) is 76.6 Å². The van der Waals surface area contributed by atoms with Gasteiger partial charge in [0, 0.05) is 18.8 Å². The highest BCUT2D eigenvalue weighted by Gasteiger charge is 2.12. The zero-order valence-electron chi connectivity index (χ0n) is 27.8. The fourth-order valence-corrected chi connectivity index (χ4v) is 4.94. The summed E-state index contributed by atoms with van der Waals surface area (Å²) in [4.78, 5) is 31.6. The van der Waals surface area contributed by atoms with Gasteiger partial charge in [-0.05, 0) is 95.4 Å². The second-order valence-corrected chi connectivity index (χ2v) is 10.9. The number of aromatic nitrogens is 5. The van der Waals surface area contributed by atoms with Gasteiger partial charge in [-0.2, -0.15) is 20.1 Å². The number of hydrogen-bond acceptors (Lipinski definition) is 11. The van der Waals surface area contributed by atoms with Crippen LogP contribution in [0, 0.1) is 6.92 Å². The Morgan fingerprint density at radius 1 is 0.739 bits per heavy atom. The number of rotatable bonds is 19. The molecule has 13 nitrogen and oxygen atoms in total. The Hall–Kier alpha value is -4.62. The van der Waals surface area contributed by atoms with Gasteiger partial charge in [-0.1, -0.05) is 45.9 Å². The third-order valence-electron chi connectivity index (χ3n) is 7.74. The van der Waals surface area contributed by atoms with Crippen molar-refractivity contribution >= 4 is 34.9 Å². The van der Waals surface area contributed by atoms with E-state index in [2.05, 4.69) is 83.7 Å². The van der Waals surface area contributed by atoms with Crippen molar-refractivity contribution in [2.24, 2.45) is 10.2 Å². The number of para-hydroxylation sites is 1. The fourth-order valence-electron chi connectivity index (χ4n) is 4.94. The first-order valence-electron chi connectivity index (χ1n) is 16.3. The molecule has 0 saturated carbocycles. The first-order valence-corrected chi connectivity index (χ1v) is 16.3. The molecule has 2 aromatic carbocycles. The first-order chi connectivity index (χ1) is 22.4. The molecule has 0 amide bonds. The number of hydrogen-bond donors (Lipinski definition) is 4. The monoisotopic (exact) mass is 628 g/mol. The smallest absolute Gasteiger partial charge is 0.299 e. The minimum atomic E-state index is -0.254. The molecule has 4 N–H and O–H groups in total. The van der Waals surface area contributed by atoms with Gasteiger partial charge in [0.2, 0.25) is 17.8 Å². The topological polar surface area (TPSA) is 144 Å². The number of H-pyrrole nitrogens is 1. The van der Waals surface area contributed by atoms with Crippen molar-refractivity contribution in [2.75, 3.05) is 68.3 Å². The van der Waals surface area contributed by atoms with E-state index in [1.165, 1.54) is 4.68 Å². The van der Waals surface area contributed by atoms with E-state index in [1.807, 2.05) is 54.6 Å². The minimum Gasteiger partial charge on any atom is -0.354 e. The number of aromatic amines is 1. The van der Waals surface area contributed by atoms with Crippen LogP contribution < -0.4 is 21.5 Å². The maximum atomic E-state index is 12.9. The maximum Gasteiger partial charge on any atom is 0.299 e. The van der Waals surface area contributed by atoms with Crippen molar-refractivity contribution < 1.29 is 0 Å². The van der Waals surface area contributed by atoms with Gasteiger partial charge < -0.3 is 25.8 Å². The van der Waals surface area contributed by atoms with Gasteiger partial charge in [0.1, 0.15) is 0 Å². The molecule has 0 aliphatic rings. The molecule has 0 aliphatic heterocycles. The summed E-state index contributed by atoms with van der Waals surface area (Å²) in [5.74, 6) is 1.49. The van der Waals surface area contributed by atoms with Crippen LogP contribution in [-0.2, 0) is 0 Å². The SMILES string of the molecule is CCN(CC)CCCNc1nc(NCCCN(CC)CC)nc(Nc2ccc(N=Nc3c(C)[nH]n(-c4ccccc4)c3=O)cc2)n1. The van der Waals surface area contributed by atoms with Crippen LogP contribution in [0.4, 0.5) is 34.9 Å². The van der Waals surface area contributed by atoms with Crippen molar-refractivity contribution in [3.05, 3.63) is 70.6 Å². The molecule has 0 spiro atoms. The Labute approximate surface area is 271 Å². The summed E-state index contributed by atoms with van der Waals surface area (Å²) in [5.41, 5.74) is 2.79. The second-order valence-electron chi connectivity index (χ2n) is 10.9. The molecule has 4 aromatic rings. The van der Waals surface area contributed by atoms with Crippen molar-refractivity contribution in [1.29, 1.82) is 0 Å². The molecule has 0 saturated heterocycles. The number of benzene rings is 2. The maximum absolute atomic E-state index is 12.9. The van der Waals surface area contributed by atoms with Crippen LogP contribution in [0.15, 0.2) is 69.6 Å². The van der Waals surface area contributed by atoms with Crippen LogP contribution in [0.1, 0.15) is 46.2 Å². The molecule has 0 fully saturated rings. The largest absolute Gasteiger partial charge is 0.354 e. The summed E-state index contributed by atoms with van der Waals surface area (Å²) in [6, 6.07) is 16.8. The molecule has 0 atom stereocenters. The Bertz CT molecular complexity index is 1520. The van der Waals surface area contributed by atoms with Gasteiger partial charge in [-0.25, -0.2) is 4.68 Å². The lowest BCUT2D eigenvalue weighted by Crippen LogP contribution is -2.26. The van der Waals surface area contributed by atoms with Crippen LogP contribution in [0.2, 0.25) is 0 Å². The third-order valence-corrected chi connectivity index (χ3v) is 7.74. The number of anilines is 4. The molecule has 2 heterocycles. The highest BCUT2D eigenvalue weighted by Crippen LogP contribution is 2.23. The summed E-state index contributed by atoms with van der Waals surface area (Å²) in [6.45, 7) is 18.2. The fraction of sp³-hybridized carbons (Fsp3) is 0.455. The highest BCUT2D eigenvalue weighted by molar-refractivity contribution is 5.58. The van der Waals surface area contributed by atoms with Crippen molar-refractivity contribution in [3.8, 4) is 5.69 Å². The predicted octanol–water partition coefficient (Wildman–Crippen LogP) is 6.11. The Morgan fingerprint density at radius 2 is 1.28 bits per heavy atom. The number of aryl methyl sites for hydroxylation is 1. The molecule has 0 unspecified atom stereocenters. The molecule has 0 bridgehead atoms. The number of azo groups is 1. The van der Waals surface area contributed by atoms with Crippen LogP contribution >= 0.6 is 0 Å². The minimum absolute atomic E-state index is 0.254. The van der Waals surface area contributed by atoms with Gasteiger partial charge >= 0.3 is 0 Å². The summed E-state index contributed by atoms with van der Waals surface area (Å²) in [7, 11) is 0. The summed E-state index contributed by atoms with van der Waals surface area (Å²) in [6.07, 6.45) is 1.97. The summed E-state index contributed by atoms with van der Waals surface area (Å²) >= 11 is 0. The molecule has 0 aliphatic carbocycles. The summed E-state index contributed by atoms with van der Waals surface area (Å²) < 4.78 is 1.47. The number of nitrogens with zero attached hydrogens (tertiary/aromatic N) is 8. The van der Waals surface area contributed by atoms with Gasteiger partial charge in [0.15, 0.2) is 5.69 Å². The third kappa shape index (κ3) is 9.94. The average Bonchev–Trinajstić information content (AvgIpc) is 3.37. The molecular weight excluding hydrogens is 580 g/mol. The van der Waals surface area contributed by atoms with E-state index >= 15 is 0 Å². The second kappa shape index (κ2) is 17.8. The standard InChI is InChI=1S/C33H48N12O/c1-6-43(7-2)23-13-21-34-31-37-32(35-22-14-24-44(8-3)9-4)39-33(38-31)36-26-17-19-27(20-18-26)40-41-29-25(5)42-45(30(29)46)28-15-11-10-12-16-28/h10-12,15-20,42H,6-9,13-14,21-24H2,1-5H3,(H3,34,35,36,37,38,39). The van der Waals surface area contributed by atoms with Gasteiger partial charge in [-0.3, -0.25) is 9.89 Å². The molecular formula is C33H48N12O. The molecule has 0 radical (unpaired) electrons. The van der Waals surface area contributed by atoms with E-state index in [-0.39, 0.29) is 11.2 Å². The van der Waals surface area contributed by atoms with Crippen LogP contribution in [0.25, 0.3) is 5.69 Å². The lowest BCUT2D eigenvalue weighted by Gasteiger charge is -2.18. The van der Waals surface area contributed by atoms with Gasteiger partial charge in [0.25, 0.3) is 5.56 Å². The van der Waals surface area contributed by atoms with E-state index in [0.29, 0.717) is 29.2 Å². The van der Waals surface area contributed by atoms with Crippen molar-refractivity contribution in [2.45, 2.75) is 47.5 Å². The molecule has 2 aromatic heterocycles. The van der Waals surface area contributed by atoms with Gasteiger partial charge in [0.05, 0.1) is 17.1 Å². The van der Waals surface area contributed by atoms with Crippen LogP contribution in [-0.4, -0.2) is 86.9 Å². The summed E-state index contributed by atoms with van der Waals surface area (Å²) in [5, 5.41) is 21.7. The quantitative estimate of drug-likeness (QED) is 0.0715. The normalized spacial score (nSPS) is 11.5. The zero-order valence-corrected chi connectivity index (χ0v) is 27.8. The average molecular weight is 629 g/mol. The van der Waals surface area contributed by atoms with E-state index in [4.69, 9.17) is 0 Å². The zero-order chi connectivity index (χ0) is 32.7. The predicted molar refractivity (Wildman–Crippen MR) is 187 cm³/mol. The van der Waals surface area contributed by atoms with E-state index in [9.17, 15) is 4.79 Å². The van der Waals surface area contributed by atoms with Crippen LogP contribution in [0.3, 0.4) is 0 Å². The molecule has 246 valence electrons. The van der Waals surface area contributed by atoms with Crippen molar-refractivity contribution in [3.63, 3.8) is 0 Å². The Kier molecular flexibility index (Phi) is 13.2. The lowest BCUT2D eigenvalue weighted by atomic mass is 10.3. The Morgan fingerprint density at radius 3 is 1.83 bits per heavy atom. The van der Waals surface area contributed by atoms with E-state index < -0.39 is 0 Å². The number of nitrogens with one attached hydrogen (secondary N) is 4. The van der Waals surface area contributed by atoms with Crippen LogP contribution in [0.5, 0.6) is 0 Å². The lowest BCUT2D eigenvalue weighted by molar-refractivity contribution is 0.303. The van der Waals surface area contributed by atoms with Gasteiger partial charge in [-0.15, -0.1) is 5.11 Å². The molecule has 13 heteroatoms. The molecule has 4 rings (SSSR count).